The smallest absolute Gasteiger partial charge is 0.0537 e. The van der Waals surface area contributed by atoms with Crippen molar-refractivity contribution >= 4 is 0 Å². The van der Waals surface area contributed by atoms with Gasteiger partial charge in [-0.3, -0.25) is 0 Å². The molecule has 2 rings (SSSR count). The van der Waals surface area contributed by atoms with Crippen LogP contribution in [0.1, 0.15) is 5.56 Å². The first-order chi connectivity index (χ1) is 7.75. The molecule has 2 heteroatoms. The fraction of sp³-hybridized carbons (Fsp3) is 0.143. The number of nitrogens with zero attached hydrogens (tertiary/aromatic N) is 1. The number of hydrogen-bond acceptors (Lipinski definition) is 1. The Kier molecular flexibility index (Phi) is 3.32. The predicted octanol–water partition coefficient (Wildman–Crippen LogP) is 3.67. The van der Waals surface area contributed by atoms with Crippen LogP contribution in [0.4, 0.5) is 4.48 Å². The highest BCUT2D eigenvalue weighted by molar-refractivity contribution is 5.63. The highest BCUT2D eigenvalue weighted by atomic mass is 19.2. The number of rotatable bonds is 3. The topological polar surface area (TPSA) is 3.24 Å². The molecule has 0 radical (unpaired) electrons. The first kappa shape index (κ1) is 10.8. The van der Waals surface area contributed by atoms with Crippen molar-refractivity contribution in [2.45, 2.75) is 6.54 Å². The van der Waals surface area contributed by atoms with Crippen LogP contribution >= 0.6 is 0 Å². The van der Waals surface area contributed by atoms with Crippen LogP contribution in [-0.2, 0) is 6.54 Å². The van der Waals surface area contributed by atoms with Gasteiger partial charge < -0.3 is 0 Å². The summed E-state index contributed by atoms with van der Waals surface area (Å²) in [7, 11) is 1.42. The third-order valence-electron chi connectivity index (χ3n) is 2.46. The van der Waals surface area contributed by atoms with Gasteiger partial charge >= 0.3 is 0 Å². The van der Waals surface area contributed by atoms with Gasteiger partial charge in [0, 0.05) is 7.05 Å². The molecule has 0 aliphatic carbocycles. The molecule has 0 spiro atoms. The molecule has 0 saturated heterocycles. The Bertz CT molecular complexity index is 434. The van der Waals surface area contributed by atoms with Crippen LogP contribution < -0.4 is 0 Å². The van der Waals surface area contributed by atoms with E-state index in [9.17, 15) is 4.48 Å². The Hall–Kier alpha value is -1.67. The van der Waals surface area contributed by atoms with Gasteiger partial charge in [0.2, 0.25) is 0 Å². The normalized spacial score (nSPS) is 10.7. The van der Waals surface area contributed by atoms with E-state index in [4.69, 9.17) is 0 Å². The average Bonchev–Trinajstić information content (AvgIpc) is 2.30. The molecule has 2 aromatic rings. The van der Waals surface area contributed by atoms with E-state index in [2.05, 4.69) is 12.1 Å². The number of benzene rings is 2. The standard InChI is InChI=1S/C14H14FN/c1-16(15)11-12-7-9-14(10-8-12)13-5-3-2-4-6-13/h2-10H,11H2,1H3. The zero-order valence-electron chi connectivity index (χ0n) is 9.23. The van der Waals surface area contributed by atoms with Crippen LogP contribution in [0, 0.1) is 0 Å². The highest BCUT2D eigenvalue weighted by Gasteiger charge is 1.99. The Labute approximate surface area is 95.1 Å². The molecule has 0 heterocycles. The van der Waals surface area contributed by atoms with Crippen LogP contribution in [0.15, 0.2) is 54.6 Å². The van der Waals surface area contributed by atoms with Gasteiger partial charge in [-0.05, 0) is 16.7 Å². The second kappa shape index (κ2) is 4.90. The molecule has 0 atom stereocenters. The summed E-state index contributed by atoms with van der Waals surface area (Å²) in [6, 6.07) is 18.1. The molecule has 82 valence electrons. The lowest BCUT2D eigenvalue weighted by Crippen LogP contribution is -2.04. The molecule has 2 aromatic carbocycles. The fourth-order valence-corrected chi connectivity index (χ4v) is 1.68. The summed E-state index contributed by atoms with van der Waals surface area (Å²) in [5, 5.41) is 0.678. The van der Waals surface area contributed by atoms with Gasteiger partial charge in [-0.2, -0.15) is 0 Å². The summed E-state index contributed by atoms with van der Waals surface area (Å²) < 4.78 is 12.6. The van der Waals surface area contributed by atoms with Crippen molar-refractivity contribution in [1.29, 1.82) is 0 Å². The van der Waals surface area contributed by atoms with E-state index in [1.165, 1.54) is 12.6 Å². The minimum atomic E-state index is 0.328. The van der Waals surface area contributed by atoms with E-state index >= 15 is 0 Å². The first-order valence-corrected chi connectivity index (χ1v) is 5.27. The molecule has 0 aliphatic rings. The van der Waals surface area contributed by atoms with E-state index in [1.54, 1.807) is 0 Å². The quantitative estimate of drug-likeness (QED) is 0.706. The van der Waals surface area contributed by atoms with Crippen LogP contribution in [0.25, 0.3) is 11.1 Å². The van der Waals surface area contributed by atoms with Crippen molar-refractivity contribution in [3.8, 4) is 11.1 Å². The molecule has 0 saturated carbocycles. The second-order valence-corrected chi connectivity index (χ2v) is 3.83. The molecule has 0 amide bonds. The zero-order chi connectivity index (χ0) is 11.4. The Balaban J connectivity index is 2.20. The van der Waals surface area contributed by atoms with Gasteiger partial charge in [0.1, 0.15) is 0 Å². The van der Waals surface area contributed by atoms with E-state index in [0.29, 0.717) is 11.7 Å². The Morgan fingerprint density at radius 3 is 2.00 bits per heavy atom. The lowest BCUT2D eigenvalue weighted by Gasteiger charge is -2.06. The van der Waals surface area contributed by atoms with Crippen molar-refractivity contribution in [3.05, 3.63) is 60.2 Å². The van der Waals surface area contributed by atoms with Crippen molar-refractivity contribution in [2.75, 3.05) is 7.05 Å². The maximum absolute atomic E-state index is 12.6. The Morgan fingerprint density at radius 1 is 0.875 bits per heavy atom. The Morgan fingerprint density at radius 2 is 1.44 bits per heavy atom. The van der Waals surface area contributed by atoms with Gasteiger partial charge in [-0.1, -0.05) is 54.6 Å². The average molecular weight is 215 g/mol. The largest absolute Gasteiger partial charge is 0.145 e. The summed E-state index contributed by atoms with van der Waals surface area (Å²) in [6.07, 6.45) is 0. The van der Waals surface area contributed by atoms with Crippen molar-refractivity contribution < 1.29 is 4.48 Å². The predicted molar refractivity (Wildman–Crippen MR) is 64.5 cm³/mol. The summed E-state index contributed by atoms with van der Waals surface area (Å²) in [4.78, 5) is 0. The van der Waals surface area contributed by atoms with Crippen LogP contribution in [-0.4, -0.2) is 12.2 Å². The summed E-state index contributed by atoms with van der Waals surface area (Å²) in [6.45, 7) is 0.328. The molecule has 0 aliphatic heterocycles. The molecule has 1 nitrogen and oxygen atoms in total. The van der Waals surface area contributed by atoms with Gasteiger partial charge in [0.25, 0.3) is 0 Å². The fourth-order valence-electron chi connectivity index (χ4n) is 1.68. The highest BCUT2D eigenvalue weighted by Crippen LogP contribution is 2.19. The van der Waals surface area contributed by atoms with Crippen LogP contribution in [0.2, 0.25) is 0 Å². The van der Waals surface area contributed by atoms with Crippen molar-refractivity contribution in [2.24, 2.45) is 0 Å². The SMILES string of the molecule is CN(F)Cc1ccc(-c2ccccc2)cc1. The first-order valence-electron chi connectivity index (χ1n) is 5.27. The zero-order valence-corrected chi connectivity index (χ0v) is 9.23. The van der Waals surface area contributed by atoms with Gasteiger partial charge in [-0.25, -0.2) is 0 Å². The molecular formula is C14H14FN. The van der Waals surface area contributed by atoms with Crippen LogP contribution in [0.3, 0.4) is 0 Å². The number of halogens is 1. The molecule has 0 N–H and O–H groups in total. The summed E-state index contributed by atoms with van der Waals surface area (Å²) in [5.74, 6) is 0. The minimum Gasteiger partial charge on any atom is -0.145 e. The lowest BCUT2D eigenvalue weighted by molar-refractivity contribution is 0.0506. The van der Waals surface area contributed by atoms with Crippen molar-refractivity contribution in [1.82, 2.24) is 5.12 Å². The molecule has 0 fully saturated rings. The molecule has 0 aromatic heterocycles. The van der Waals surface area contributed by atoms with Crippen molar-refractivity contribution in [3.63, 3.8) is 0 Å². The maximum atomic E-state index is 12.6. The molecule has 0 bridgehead atoms. The minimum absolute atomic E-state index is 0.328. The number of hydrogen-bond donors (Lipinski definition) is 0. The van der Waals surface area contributed by atoms with Crippen LogP contribution in [0.5, 0.6) is 0 Å². The monoisotopic (exact) mass is 215 g/mol. The van der Waals surface area contributed by atoms with E-state index in [1.807, 2.05) is 42.5 Å². The molecule has 0 unspecified atom stereocenters. The van der Waals surface area contributed by atoms with Gasteiger partial charge in [0.05, 0.1) is 6.54 Å². The molecular weight excluding hydrogens is 201 g/mol. The summed E-state index contributed by atoms with van der Waals surface area (Å²) in [5.41, 5.74) is 3.32. The third kappa shape index (κ3) is 2.67. The van der Waals surface area contributed by atoms with Gasteiger partial charge in [-0.15, -0.1) is 9.60 Å². The summed E-state index contributed by atoms with van der Waals surface area (Å²) >= 11 is 0. The third-order valence-corrected chi connectivity index (χ3v) is 2.46. The lowest BCUT2D eigenvalue weighted by atomic mass is 10.0. The second-order valence-electron chi connectivity index (χ2n) is 3.83. The van der Waals surface area contributed by atoms with E-state index in [0.717, 1.165) is 11.1 Å². The van der Waals surface area contributed by atoms with Gasteiger partial charge in [0.15, 0.2) is 0 Å². The van der Waals surface area contributed by atoms with E-state index in [-0.39, 0.29) is 0 Å². The van der Waals surface area contributed by atoms with E-state index < -0.39 is 0 Å². The maximum Gasteiger partial charge on any atom is 0.0537 e. The molecule has 16 heavy (non-hydrogen) atoms.